The Balaban J connectivity index is 1.91. The molecule has 0 heterocycles. The number of carbonyl (C=O) groups is 1. The van der Waals surface area contributed by atoms with Gasteiger partial charge in [-0.1, -0.05) is 20.8 Å². The number of fused-ring (bicyclic) bond motifs is 2. The quantitative estimate of drug-likeness (QED) is 0.752. The molecule has 0 aromatic heterocycles. The van der Waals surface area contributed by atoms with Gasteiger partial charge in [0.15, 0.2) is 0 Å². The van der Waals surface area contributed by atoms with Gasteiger partial charge >= 0.3 is 0 Å². The molecule has 0 radical (unpaired) electrons. The van der Waals surface area contributed by atoms with Gasteiger partial charge in [-0.2, -0.15) is 0 Å². The zero-order valence-corrected chi connectivity index (χ0v) is 12.2. The van der Waals surface area contributed by atoms with Crippen molar-refractivity contribution < 1.29 is 9.18 Å². The molecule has 3 rings (SSSR count). The van der Waals surface area contributed by atoms with Crippen molar-refractivity contribution in [1.82, 2.24) is 0 Å². The molecule has 2 fully saturated rings. The summed E-state index contributed by atoms with van der Waals surface area (Å²) in [4.78, 5) is 16.6. The minimum Gasteiger partial charge on any atom is -0.267 e. The Morgan fingerprint density at radius 3 is 2.40 bits per heavy atom. The van der Waals surface area contributed by atoms with Crippen LogP contribution in [0.1, 0.15) is 50.4 Å². The summed E-state index contributed by atoms with van der Waals surface area (Å²) >= 11 is 0. The van der Waals surface area contributed by atoms with Crippen molar-refractivity contribution in [3.05, 3.63) is 35.6 Å². The third-order valence-electron chi connectivity index (χ3n) is 5.84. The summed E-state index contributed by atoms with van der Waals surface area (Å²) in [5.41, 5.74) is 1.75. The topological polar surface area (TPSA) is 29.4 Å². The van der Waals surface area contributed by atoms with Crippen molar-refractivity contribution in [1.29, 1.82) is 0 Å². The first-order valence-corrected chi connectivity index (χ1v) is 7.22. The molecule has 2 aliphatic carbocycles. The molecule has 2 aliphatic rings. The van der Waals surface area contributed by atoms with Crippen LogP contribution in [0.25, 0.3) is 0 Å². The second-order valence-corrected chi connectivity index (χ2v) is 6.86. The highest BCUT2D eigenvalue weighted by Crippen LogP contribution is 2.64. The summed E-state index contributed by atoms with van der Waals surface area (Å²) in [6, 6.07) is 5.62. The first-order valence-electron chi connectivity index (χ1n) is 7.22. The first-order chi connectivity index (χ1) is 9.34. The molecular weight excluding hydrogens is 253 g/mol. The third-order valence-corrected chi connectivity index (χ3v) is 5.84. The molecule has 2 bridgehead atoms. The van der Waals surface area contributed by atoms with Crippen LogP contribution in [0.2, 0.25) is 0 Å². The highest BCUT2D eigenvalue weighted by Gasteiger charge is 2.59. The maximum absolute atomic E-state index is 12.9. The molecule has 3 heteroatoms. The fourth-order valence-corrected chi connectivity index (χ4v) is 3.88. The van der Waals surface area contributed by atoms with Gasteiger partial charge in [0.2, 0.25) is 0 Å². The summed E-state index contributed by atoms with van der Waals surface area (Å²) in [7, 11) is 0. The van der Waals surface area contributed by atoms with E-state index in [0.717, 1.165) is 18.6 Å². The maximum Gasteiger partial charge on any atom is 0.276 e. The molecule has 2 saturated carbocycles. The SMILES string of the molecule is CC12CCC(CC1=NC(=O)c1ccc(F)cc1)C2(C)C. The van der Waals surface area contributed by atoms with Gasteiger partial charge in [0, 0.05) is 16.7 Å². The standard InChI is InChI=1S/C17H20FNO/c1-16(2)12-8-9-17(16,3)14(10-12)19-15(20)11-4-6-13(18)7-5-11/h4-7,12H,8-10H2,1-3H3. The number of aliphatic imine (C=N–C) groups is 1. The second kappa shape index (κ2) is 4.24. The molecule has 1 aromatic carbocycles. The Hall–Kier alpha value is -1.51. The van der Waals surface area contributed by atoms with E-state index in [4.69, 9.17) is 0 Å². The summed E-state index contributed by atoms with van der Waals surface area (Å²) < 4.78 is 12.9. The van der Waals surface area contributed by atoms with Crippen molar-refractivity contribution >= 4 is 11.6 Å². The second-order valence-electron chi connectivity index (χ2n) is 6.86. The smallest absolute Gasteiger partial charge is 0.267 e. The number of carbonyl (C=O) groups excluding carboxylic acids is 1. The van der Waals surface area contributed by atoms with Crippen molar-refractivity contribution in [2.24, 2.45) is 21.7 Å². The van der Waals surface area contributed by atoms with Crippen LogP contribution in [0.15, 0.2) is 29.3 Å². The number of nitrogens with zero attached hydrogens (tertiary/aromatic N) is 1. The first kappa shape index (κ1) is 13.5. The van der Waals surface area contributed by atoms with E-state index in [2.05, 4.69) is 25.8 Å². The van der Waals surface area contributed by atoms with Crippen LogP contribution in [0, 0.1) is 22.6 Å². The van der Waals surface area contributed by atoms with E-state index in [9.17, 15) is 9.18 Å². The van der Waals surface area contributed by atoms with Crippen LogP contribution < -0.4 is 0 Å². The van der Waals surface area contributed by atoms with Crippen molar-refractivity contribution in [3.63, 3.8) is 0 Å². The Morgan fingerprint density at radius 2 is 1.90 bits per heavy atom. The minimum atomic E-state index is -0.331. The molecule has 20 heavy (non-hydrogen) atoms. The van der Waals surface area contributed by atoms with Crippen LogP contribution in [-0.4, -0.2) is 11.6 Å². The number of rotatable bonds is 1. The molecule has 0 saturated heterocycles. The average Bonchev–Trinajstić information content (AvgIpc) is 2.72. The molecule has 2 nitrogen and oxygen atoms in total. The monoisotopic (exact) mass is 273 g/mol. The lowest BCUT2D eigenvalue weighted by atomic mass is 9.70. The number of hydrogen-bond donors (Lipinski definition) is 0. The Labute approximate surface area is 119 Å². The van der Waals surface area contributed by atoms with Gasteiger partial charge in [0.25, 0.3) is 5.91 Å². The molecule has 0 spiro atoms. The van der Waals surface area contributed by atoms with Crippen molar-refractivity contribution in [2.75, 3.05) is 0 Å². The van der Waals surface area contributed by atoms with E-state index >= 15 is 0 Å². The van der Waals surface area contributed by atoms with Crippen LogP contribution in [0.5, 0.6) is 0 Å². The van der Waals surface area contributed by atoms with Gasteiger partial charge < -0.3 is 0 Å². The molecule has 1 aromatic rings. The molecule has 2 atom stereocenters. The molecule has 0 aliphatic heterocycles. The maximum atomic E-state index is 12.9. The fourth-order valence-electron chi connectivity index (χ4n) is 3.88. The van der Waals surface area contributed by atoms with Crippen LogP contribution >= 0.6 is 0 Å². The van der Waals surface area contributed by atoms with Crippen LogP contribution in [0.4, 0.5) is 4.39 Å². The van der Waals surface area contributed by atoms with Crippen LogP contribution in [-0.2, 0) is 0 Å². The van der Waals surface area contributed by atoms with Crippen molar-refractivity contribution in [3.8, 4) is 0 Å². The summed E-state index contributed by atoms with van der Waals surface area (Å²) in [6.07, 6.45) is 3.27. The zero-order chi connectivity index (χ0) is 14.5. The lowest BCUT2D eigenvalue weighted by Gasteiger charge is -2.34. The minimum absolute atomic E-state index is 0.0351. The van der Waals surface area contributed by atoms with Gasteiger partial charge in [-0.15, -0.1) is 0 Å². The highest BCUT2D eigenvalue weighted by molar-refractivity contribution is 6.07. The average molecular weight is 273 g/mol. The Morgan fingerprint density at radius 1 is 1.25 bits per heavy atom. The van der Waals surface area contributed by atoms with Gasteiger partial charge in [-0.25, -0.2) is 9.38 Å². The zero-order valence-electron chi connectivity index (χ0n) is 12.2. The Bertz CT molecular complexity index is 588. The van der Waals surface area contributed by atoms with E-state index in [1.807, 2.05) is 0 Å². The van der Waals surface area contributed by atoms with Gasteiger partial charge in [0.1, 0.15) is 5.82 Å². The lowest BCUT2D eigenvalue weighted by molar-refractivity contribution is 0.100. The summed E-state index contributed by atoms with van der Waals surface area (Å²) in [5, 5.41) is 0. The van der Waals surface area contributed by atoms with Gasteiger partial charge in [-0.3, -0.25) is 4.79 Å². The normalized spacial score (nSPS) is 32.8. The molecule has 1 amide bonds. The van der Waals surface area contributed by atoms with E-state index < -0.39 is 0 Å². The Kier molecular flexibility index (Phi) is 2.86. The number of amides is 1. The molecule has 106 valence electrons. The van der Waals surface area contributed by atoms with E-state index in [1.54, 1.807) is 0 Å². The van der Waals surface area contributed by atoms with Gasteiger partial charge in [-0.05, 0) is 54.9 Å². The highest BCUT2D eigenvalue weighted by atomic mass is 19.1. The van der Waals surface area contributed by atoms with Crippen molar-refractivity contribution in [2.45, 2.75) is 40.0 Å². The van der Waals surface area contributed by atoms with Crippen LogP contribution in [0.3, 0.4) is 0 Å². The van der Waals surface area contributed by atoms with E-state index in [1.165, 1.54) is 30.7 Å². The largest absolute Gasteiger partial charge is 0.276 e. The number of halogens is 1. The third kappa shape index (κ3) is 1.75. The van der Waals surface area contributed by atoms with E-state index in [0.29, 0.717) is 11.5 Å². The summed E-state index contributed by atoms with van der Waals surface area (Å²) in [5.74, 6) is 0.0547. The molecule has 2 unspecified atom stereocenters. The lowest BCUT2D eigenvalue weighted by Crippen LogP contribution is -2.33. The number of hydrogen-bond acceptors (Lipinski definition) is 1. The number of benzene rings is 1. The summed E-state index contributed by atoms with van der Waals surface area (Å²) in [6.45, 7) is 6.81. The van der Waals surface area contributed by atoms with Gasteiger partial charge in [0.05, 0.1) is 0 Å². The predicted molar refractivity (Wildman–Crippen MR) is 77.4 cm³/mol. The predicted octanol–water partition coefficient (Wildman–Crippen LogP) is 4.25. The van der Waals surface area contributed by atoms with E-state index in [-0.39, 0.29) is 22.6 Å². The fraction of sp³-hybridized carbons (Fsp3) is 0.529. The molecule has 0 N–H and O–H groups in total. The molecular formula is C17H20FNO.